The molecule has 0 radical (unpaired) electrons. The van der Waals surface area contributed by atoms with E-state index >= 15 is 0 Å². The van der Waals surface area contributed by atoms with Gasteiger partial charge in [0.1, 0.15) is 10.8 Å². The number of benzene rings is 1. The van der Waals surface area contributed by atoms with Crippen molar-refractivity contribution >= 4 is 46.7 Å². The monoisotopic (exact) mass is 463 g/mol. The van der Waals surface area contributed by atoms with Gasteiger partial charge in [0.15, 0.2) is 5.82 Å². The van der Waals surface area contributed by atoms with Gasteiger partial charge in [0, 0.05) is 24.8 Å². The molecule has 1 aromatic heterocycles. The van der Waals surface area contributed by atoms with Crippen LogP contribution in [-0.4, -0.2) is 46.9 Å². The van der Waals surface area contributed by atoms with E-state index in [9.17, 15) is 14.0 Å². The van der Waals surface area contributed by atoms with Crippen LogP contribution in [0.5, 0.6) is 0 Å². The van der Waals surface area contributed by atoms with Gasteiger partial charge in [-0.25, -0.2) is 4.39 Å². The van der Waals surface area contributed by atoms with Crippen LogP contribution in [0.1, 0.15) is 25.7 Å². The zero-order chi connectivity index (χ0) is 21.8. The lowest BCUT2D eigenvalue weighted by Crippen LogP contribution is -2.44. The van der Waals surface area contributed by atoms with Crippen molar-refractivity contribution in [1.82, 2.24) is 15.5 Å². The maximum absolute atomic E-state index is 13.2. The Morgan fingerprint density at radius 2 is 2.03 bits per heavy atom. The highest BCUT2D eigenvalue weighted by atomic mass is 35.5. The Morgan fingerprint density at radius 3 is 2.74 bits per heavy atom. The summed E-state index contributed by atoms with van der Waals surface area (Å²) in [5.41, 5.74) is 0.434. The SMILES string of the molecule is O=C(CSc1ccc(N2CCCC(C(=O)NC3CC3)C2)nn1)Nc1ccc(F)c(Cl)c1. The highest BCUT2D eigenvalue weighted by Gasteiger charge is 2.30. The summed E-state index contributed by atoms with van der Waals surface area (Å²) >= 11 is 6.98. The Kier molecular flexibility index (Phi) is 6.92. The molecule has 4 rings (SSSR count). The fraction of sp³-hybridized carbons (Fsp3) is 0.429. The van der Waals surface area contributed by atoms with Crippen LogP contribution in [0.25, 0.3) is 0 Å². The molecule has 10 heteroatoms. The van der Waals surface area contributed by atoms with E-state index in [0.29, 0.717) is 23.3 Å². The molecule has 1 aliphatic heterocycles. The van der Waals surface area contributed by atoms with Crippen LogP contribution in [-0.2, 0) is 9.59 Å². The van der Waals surface area contributed by atoms with E-state index in [1.54, 1.807) is 0 Å². The lowest BCUT2D eigenvalue weighted by molar-refractivity contribution is -0.125. The van der Waals surface area contributed by atoms with Crippen molar-refractivity contribution < 1.29 is 14.0 Å². The standard InChI is InChI=1S/C21H23ClFN5O2S/c22-16-10-15(5-6-17(16)23)24-19(29)12-31-20-8-7-18(26-27-20)28-9-1-2-13(11-28)21(30)25-14-3-4-14/h5-8,10,13-14H,1-4,9,11-12H2,(H,24,29)(H,25,30). The van der Waals surface area contributed by atoms with E-state index in [1.165, 1.54) is 30.0 Å². The third kappa shape index (κ3) is 6.07. The predicted molar refractivity (Wildman–Crippen MR) is 119 cm³/mol. The minimum atomic E-state index is -0.534. The normalized spacial score (nSPS) is 18.5. The number of hydrogen-bond acceptors (Lipinski definition) is 6. The lowest BCUT2D eigenvalue weighted by atomic mass is 9.97. The minimum absolute atomic E-state index is 0.0196. The van der Waals surface area contributed by atoms with Crippen molar-refractivity contribution in [1.29, 1.82) is 0 Å². The topological polar surface area (TPSA) is 87.2 Å². The first kappa shape index (κ1) is 21.8. The van der Waals surface area contributed by atoms with Crippen LogP contribution >= 0.6 is 23.4 Å². The largest absolute Gasteiger partial charge is 0.354 e. The smallest absolute Gasteiger partial charge is 0.234 e. The van der Waals surface area contributed by atoms with Gasteiger partial charge in [-0.05, 0) is 56.0 Å². The van der Waals surface area contributed by atoms with Gasteiger partial charge in [0.25, 0.3) is 0 Å². The second kappa shape index (κ2) is 9.82. The first-order valence-electron chi connectivity index (χ1n) is 10.2. The van der Waals surface area contributed by atoms with Gasteiger partial charge in [-0.1, -0.05) is 23.4 Å². The zero-order valence-corrected chi connectivity index (χ0v) is 18.4. The summed E-state index contributed by atoms with van der Waals surface area (Å²) in [6.45, 7) is 1.49. The summed E-state index contributed by atoms with van der Waals surface area (Å²) < 4.78 is 13.2. The maximum Gasteiger partial charge on any atom is 0.234 e. The summed E-state index contributed by atoms with van der Waals surface area (Å²) in [5.74, 6) is 0.205. The molecule has 2 amide bonds. The Balaban J connectivity index is 1.27. The molecular formula is C21H23ClFN5O2S. The Bertz CT molecular complexity index is 957. The predicted octanol–water partition coefficient (Wildman–Crippen LogP) is 3.49. The minimum Gasteiger partial charge on any atom is -0.354 e. The third-order valence-electron chi connectivity index (χ3n) is 5.22. The molecule has 1 saturated heterocycles. The molecule has 2 aromatic rings. The first-order chi connectivity index (χ1) is 15.0. The van der Waals surface area contributed by atoms with Gasteiger partial charge < -0.3 is 15.5 Å². The highest BCUT2D eigenvalue weighted by molar-refractivity contribution is 7.99. The lowest BCUT2D eigenvalue weighted by Gasteiger charge is -2.32. The fourth-order valence-electron chi connectivity index (χ4n) is 3.42. The van der Waals surface area contributed by atoms with E-state index in [4.69, 9.17) is 11.6 Å². The number of anilines is 2. The number of aromatic nitrogens is 2. The van der Waals surface area contributed by atoms with Crippen LogP contribution in [0.2, 0.25) is 5.02 Å². The number of hydrogen-bond donors (Lipinski definition) is 2. The summed E-state index contributed by atoms with van der Waals surface area (Å²) in [6, 6.07) is 8.09. The second-order valence-electron chi connectivity index (χ2n) is 7.76. The van der Waals surface area contributed by atoms with Gasteiger partial charge in [-0.2, -0.15) is 0 Å². The molecule has 7 nitrogen and oxygen atoms in total. The third-order valence-corrected chi connectivity index (χ3v) is 6.43. The van der Waals surface area contributed by atoms with Crippen LogP contribution < -0.4 is 15.5 Å². The zero-order valence-electron chi connectivity index (χ0n) is 16.8. The Labute approximate surface area is 189 Å². The van der Waals surface area contributed by atoms with Crippen molar-refractivity contribution in [3.05, 3.63) is 41.2 Å². The quantitative estimate of drug-likeness (QED) is 0.611. The van der Waals surface area contributed by atoms with Gasteiger partial charge in [-0.15, -0.1) is 10.2 Å². The molecule has 164 valence electrons. The molecule has 2 heterocycles. The van der Waals surface area contributed by atoms with Gasteiger partial charge in [0.2, 0.25) is 11.8 Å². The van der Waals surface area contributed by atoms with E-state index in [2.05, 4.69) is 25.7 Å². The number of piperidine rings is 1. The molecule has 1 aromatic carbocycles. The van der Waals surface area contributed by atoms with Gasteiger partial charge >= 0.3 is 0 Å². The Hall–Kier alpha value is -2.39. The molecule has 0 spiro atoms. The van der Waals surface area contributed by atoms with Crippen LogP contribution in [0.15, 0.2) is 35.4 Å². The maximum atomic E-state index is 13.2. The van der Waals surface area contributed by atoms with Crippen molar-refractivity contribution in [2.75, 3.05) is 29.1 Å². The van der Waals surface area contributed by atoms with Crippen LogP contribution in [0.4, 0.5) is 15.9 Å². The van der Waals surface area contributed by atoms with Crippen LogP contribution in [0.3, 0.4) is 0 Å². The molecule has 1 atom stereocenters. The number of nitrogens with one attached hydrogen (secondary N) is 2. The van der Waals surface area contributed by atoms with Gasteiger partial charge in [-0.3, -0.25) is 9.59 Å². The number of thioether (sulfide) groups is 1. The van der Waals surface area contributed by atoms with Crippen molar-refractivity contribution in [2.45, 2.75) is 36.8 Å². The number of carbonyl (C=O) groups excluding carboxylic acids is 2. The van der Waals surface area contributed by atoms with Crippen molar-refractivity contribution in [3.8, 4) is 0 Å². The summed E-state index contributed by atoms with van der Waals surface area (Å²) in [6.07, 6.45) is 4.00. The number of carbonyl (C=O) groups is 2. The molecule has 2 N–H and O–H groups in total. The Morgan fingerprint density at radius 1 is 1.19 bits per heavy atom. The average molecular weight is 464 g/mol. The fourth-order valence-corrected chi connectivity index (χ4v) is 4.21. The molecule has 1 unspecified atom stereocenters. The molecule has 2 aliphatic rings. The average Bonchev–Trinajstić information content (AvgIpc) is 3.59. The van der Waals surface area contributed by atoms with Crippen LogP contribution in [0, 0.1) is 11.7 Å². The summed E-state index contributed by atoms with van der Waals surface area (Å²) in [7, 11) is 0. The van der Waals surface area contributed by atoms with Crippen molar-refractivity contribution in [3.63, 3.8) is 0 Å². The number of halogens is 2. The van der Waals surface area contributed by atoms with E-state index < -0.39 is 5.82 Å². The summed E-state index contributed by atoms with van der Waals surface area (Å²) in [4.78, 5) is 26.6. The molecule has 1 saturated carbocycles. The second-order valence-corrected chi connectivity index (χ2v) is 9.17. The molecule has 2 fully saturated rings. The van der Waals surface area contributed by atoms with Gasteiger partial charge in [0.05, 0.1) is 16.7 Å². The summed E-state index contributed by atoms with van der Waals surface area (Å²) in [5, 5.41) is 14.8. The van der Waals surface area contributed by atoms with E-state index in [1.807, 2.05) is 12.1 Å². The van der Waals surface area contributed by atoms with Crippen molar-refractivity contribution in [2.24, 2.45) is 5.92 Å². The number of nitrogens with zero attached hydrogens (tertiary/aromatic N) is 3. The molecule has 31 heavy (non-hydrogen) atoms. The molecule has 0 bridgehead atoms. The first-order valence-corrected chi connectivity index (χ1v) is 11.6. The molecular weight excluding hydrogens is 441 g/mol. The highest BCUT2D eigenvalue weighted by Crippen LogP contribution is 2.25. The van der Waals surface area contributed by atoms with E-state index in [-0.39, 0.29) is 28.5 Å². The molecule has 1 aliphatic carbocycles. The number of rotatable bonds is 7. The van der Waals surface area contributed by atoms with E-state index in [0.717, 1.165) is 38.0 Å². The number of amides is 2.